The molecular formula is C15H18N2O3S. The Hall–Kier alpha value is -1.82. The zero-order valence-corrected chi connectivity index (χ0v) is 12.5. The van der Waals surface area contributed by atoms with Gasteiger partial charge in [-0.25, -0.2) is 0 Å². The lowest BCUT2D eigenvalue weighted by Crippen LogP contribution is -2.34. The van der Waals surface area contributed by atoms with E-state index < -0.39 is 0 Å². The molecule has 0 aromatic heterocycles. The fourth-order valence-electron chi connectivity index (χ4n) is 2.05. The first-order valence-electron chi connectivity index (χ1n) is 6.94. The summed E-state index contributed by atoms with van der Waals surface area (Å²) in [6.07, 6.45) is 0.718. The van der Waals surface area contributed by atoms with Crippen LogP contribution in [0.2, 0.25) is 0 Å². The van der Waals surface area contributed by atoms with Gasteiger partial charge in [0.05, 0.1) is 0 Å². The van der Waals surface area contributed by atoms with Crippen molar-refractivity contribution in [3.8, 4) is 0 Å². The van der Waals surface area contributed by atoms with E-state index in [1.165, 1.54) is 9.80 Å². The fourth-order valence-corrected chi connectivity index (χ4v) is 2.84. The monoisotopic (exact) mass is 306 g/mol. The number of likely N-dealkylation sites (tertiary alicyclic amines) is 1. The molecule has 0 bridgehead atoms. The Bertz CT molecular complexity index is 503. The summed E-state index contributed by atoms with van der Waals surface area (Å²) in [4.78, 5) is 36.8. The molecule has 5 nitrogen and oxygen atoms in total. The van der Waals surface area contributed by atoms with Crippen molar-refractivity contribution in [1.29, 1.82) is 0 Å². The number of rotatable bonds is 7. The van der Waals surface area contributed by atoms with Gasteiger partial charge in [0.25, 0.3) is 0 Å². The lowest BCUT2D eigenvalue weighted by atomic mass is 10.3. The maximum Gasteiger partial charge on any atom is 0.229 e. The number of thioether (sulfide) groups is 1. The minimum Gasteiger partial charge on any atom is -0.355 e. The summed E-state index contributed by atoms with van der Waals surface area (Å²) in [7, 11) is 0. The van der Waals surface area contributed by atoms with Crippen LogP contribution in [-0.2, 0) is 14.4 Å². The van der Waals surface area contributed by atoms with Crippen LogP contribution in [0.4, 0.5) is 0 Å². The molecule has 1 fully saturated rings. The van der Waals surface area contributed by atoms with Crippen LogP contribution in [0.25, 0.3) is 0 Å². The van der Waals surface area contributed by atoms with Crippen molar-refractivity contribution in [3.05, 3.63) is 30.3 Å². The fraction of sp³-hybridized carbons (Fsp3) is 0.400. The average Bonchev–Trinajstić information content (AvgIpc) is 2.81. The highest BCUT2D eigenvalue weighted by Gasteiger charge is 2.28. The molecule has 112 valence electrons. The summed E-state index contributed by atoms with van der Waals surface area (Å²) >= 11 is 1.67. The van der Waals surface area contributed by atoms with E-state index in [2.05, 4.69) is 5.32 Å². The second-order valence-electron chi connectivity index (χ2n) is 4.70. The molecule has 1 aliphatic heterocycles. The van der Waals surface area contributed by atoms with Crippen LogP contribution >= 0.6 is 11.8 Å². The van der Waals surface area contributed by atoms with Gasteiger partial charge in [-0.3, -0.25) is 19.3 Å². The highest BCUT2D eigenvalue weighted by Crippen LogP contribution is 2.15. The van der Waals surface area contributed by atoms with Crippen LogP contribution in [0, 0.1) is 0 Å². The molecule has 21 heavy (non-hydrogen) atoms. The molecule has 1 N–H and O–H groups in total. The lowest BCUT2D eigenvalue weighted by molar-refractivity contribution is -0.138. The van der Waals surface area contributed by atoms with E-state index in [0.29, 0.717) is 6.54 Å². The Morgan fingerprint density at radius 3 is 2.48 bits per heavy atom. The quantitative estimate of drug-likeness (QED) is 0.470. The van der Waals surface area contributed by atoms with Crippen molar-refractivity contribution >= 4 is 29.5 Å². The van der Waals surface area contributed by atoms with Crippen LogP contribution in [0.1, 0.15) is 19.3 Å². The zero-order valence-electron chi connectivity index (χ0n) is 11.7. The van der Waals surface area contributed by atoms with Crippen LogP contribution < -0.4 is 5.32 Å². The number of benzene rings is 1. The Balaban J connectivity index is 1.60. The summed E-state index contributed by atoms with van der Waals surface area (Å²) in [6.45, 7) is 0.760. The summed E-state index contributed by atoms with van der Waals surface area (Å²) in [5.74, 6) is 0.313. The standard InChI is InChI=1S/C15H18N2O3S/c18-13(8-10-17-14(19)6-7-15(17)20)16-9-11-21-12-4-2-1-3-5-12/h1-5H,6-11H2,(H,16,18). The van der Waals surface area contributed by atoms with E-state index in [4.69, 9.17) is 0 Å². The van der Waals surface area contributed by atoms with Gasteiger partial charge in [-0.2, -0.15) is 0 Å². The van der Waals surface area contributed by atoms with Crippen LogP contribution in [0.5, 0.6) is 0 Å². The molecule has 2 rings (SSSR count). The molecule has 0 atom stereocenters. The van der Waals surface area contributed by atoms with Crippen molar-refractivity contribution in [1.82, 2.24) is 10.2 Å². The van der Waals surface area contributed by atoms with Gasteiger partial charge in [0.15, 0.2) is 0 Å². The first kappa shape index (κ1) is 15.6. The minimum atomic E-state index is -0.174. The zero-order chi connectivity index (χ0) is 15.1. The molecular weight excluding hydrogens is 288 g/mol. The number of amides is 3. The summed E-state index contributed by atoms with van der Waals surface area (Å²) < 4.78 is 0. The number of hydrogen-bond acceptors (Lipinski definition) is 4. The third-order valence-corrected chi connectivity index (χ3v) is 4.17. The summed E-state index contributed by atoms with van der Waals surface area (Å²) in [6, 6.07) is 9.97. The Kier molecular flexibility index (Phi) is 5.80. The topological polar surface area (TPSA) is 66.5 Å². The van der Waals surface area contributed by atoms with Crippen LogP contribution in [0.15, 0.2) is 35.2 Å². The maximum atomic E-state index is 11.7. The van der Waals surface area contributed by atoms with E-state index in [0.717, 1.165) is 5.75 Å². The first-order chi connectivity index (χ1) is 10.2. The van der Waals surface area contributed by atoms with Crippen molar-refractivity contribution < 1.29 is 14.4 Å². The van der Waals surface area contributed by atoms with Crippen molar-refractivity contribution in [2.24, 2.45) is 0 Å². The Labute approximate surface area is 128 Å². The number of imide groups is 1. The minimum absolute atomic E-state index is 0.129. The van der Waals surface area contributed by atoms with Gasteiger partial charge in [0.1, 0.15) is 0 Å². The molecule has 1 aromatic carbocycles. The molecule has 3 amide bonds. The van der Waals surface area contributed by atoms with Gasteiger partial charge in [-0.1, -0.05) is 18.2 Å². The molecule has 1 aromatic rings. The Morgan fingerprint density at radius 2 is 1.81 bits per heavy atom. The second kappa shape index (κ2) is 7.83. The highest BCUT2D eigenvalue weighted by molar-refractivity contribution is 7.99. The van der Waals surface area contributed by atoms with E-state index in [9.17, 15) is 14.4 Å². The van der Waals surface area contributed by atoms with Crippen LogP contribution in [-0.4, -0.2) is 41.5 Å². The number of nitrogens with zero attached hydrogens (tertiary/aromatic N) is 1. The van der Waals surface area contributed by atoms with E-state index in [-0.39, 0.29) is 43.5 Å². The molecule has 0 saturated carbocycles. The average molecular weight is 306 g/mol. The van der Waals surface area contributed by atoms with Crippen molar-refractivity contribution in [3.63, 3.8) is 0 Å². The lowest BCUT2D eigenvalue weighted by Gasteiger charge is -2.13. The number of hydrogen-bond donors (Lipinski definition) is 1. The van der Waals surface area contributed by atoms with Gasteiger partial charge in [-0.15, -0.1) is 11.8 Å². The van der Waals surface area contributed by atoms with E-state index in [1.807, 2.05) is 30.3 Å². The molecule has 6 heteroatoms. The van der Waals surface area contributed by atoms with Gasteiger partial charge in [0.2, 0.25) is 17.7 Å². The van der Waals surface area contributed by atoms with Gasteiger partial charge >= 0.3 is 0 Å². The van der Waals surface area contributed by atoms with Gasteiger partial charge < -0.3 is 5.32 Å². The number of carbonyl (C=O) groups is 3. The van der Waals surface area contributed by atoms with Gasteiger partial charge in [-0.05, 0) is 12.1 Å². The van der Waals surface area contributed by atoms with Gasteiger partial charge in [0, 0.05) is 43.0 Å². The largest absolute Gasteiger partial charge is 0.355 e. The molecule has 0 aliphatic carbocycles. The molecule has 0 spiro atoms. The third kappa shape index (κ3) is 4.90. The smallest absolute Gasteiger partial charge is 0.229 e. The predicted molar refractivity (Wildman–Crippen MR) is 80.7 cm³/mol. The molecule has 0 unspecified atom stereocenters. The predicted octanol–water partition coefficient (Wildman–Crippen LogP) is 1.43. The molecule has 1 aliphatic rings. The summed E-state index contributed by atoms with van der Waals surface area (Å²) in [5, 5.41) is 2.80. The normalized spacial score (nSPS) is 14.6. The van der Waals surface area contributed by atoms with E-state index >= 15 is 0 Å². The summed E-state index contributed by atoms with van der Waals surface area (Å²) in [5.41, 5.74) is 0. The Morgan fingerprint density at radius 1 is 1.14 bits per heavy atom. The first-order valence-corrected chi connectivity index (χ1v) is 7.93. The molecule has 1 saturated heterocycles. The van der Waals surface area contributed by atoms with Crippen LogP contribution in [0.3, 0.4) is 0 Å². The molecule has 1 heterocycles. The maximum absolute atomic E-state index is 11.7. The molecule has 0 radical (unpaired) electrons. The second-order valence-corrected chi connectivity index (χ2v) is 5.87. The number of carbonyl (C=O) groups excluding carboxylic acids is 3. The van der Waals surface area contributed by atoms with Crippen molar-refractivity contribution in [2.45, 2.75) is 24.2 Å². The SMILES string of the molecule is O=C(CCN1C(=O)CCC1=O)NCCSc1ccccc1. The van der Waals surface area contributed by atoms with E-state index in [1.54, 1.807) is 11.8 Å². The van der Waals surface area contributed by atoms with Crippen molar-refractivity contribution in [2.75, 3.05) is 18.8 Å². The number of nitrogens with one attached hydrogen (secondary N) is 1. The highest BCUT2D eigenvalue weighted by atomic mass is 32.2. The third-order valence-electron chi connectivity index (χ3n) is 3.15.